The zero-order valence-corrected chi connectivity index (χ0v) is 17.9. The highest BCUT2D eigenvalue weighted by Crippen LogP contribution is 2.48. The van der Waals surface area contributed by atoms with Gasteiger partial charge in [-0.15, -0.1) is 5.10 Å². The van der Waals surface area contributed by atoms with Gasteiger partial charge in [0.1, 0.15) is 11.4 Å². The van der Waals surface area contributed by atoms with Crippen molar-refractivity contribution in [2.45, 2.75) is 44.4 Å². The Kier molecular flexibility index (Phi) is 4.58. The molecule has 0 saturated carbocycles. The molecule has 6 rings (SSSR count). The Bertz CT molecular complexity index is 1240. The van der Waals surface area contributed by atoms with Crippen LogP contribution in [-0.2, 0) is 39.4 Å². The molecule has 2 aromatic carbocycles. The summed E-state index contributed by atoms with van der Waals surface area (Å²) < 4.78 is 26.4. The van der Waals surface area contributed by atoms with Crippen molar-refractivity contribution in [1.29, 1.82) is 0 Å². The van der Waals surface area contributed by atoms with Crippen LogP contribution < -0.4 is 4.74 Å². The van der Waals surface area contributed by atoms with Gasteiger partial charge in [0.15, 0.2) is 0 Å². The average molecular weight is 447 g/mol. The van der Waals surface area contributed by atoms with Crippen molar-refractivity contribution in [2.75, 3.05) is 6.54 Å². The molecule has 2 aliphatic heterocycles. The third-order valence-electron chi connectivity index (χ3n) is 6.85. The van der Waals surface area contributed by atoms with E-state index in [2.05, 4.69) is 22.1 Å². The van der Waals surface area contributed by atoms with Gasteiger partial charge in [0.2, 0.25) is 5.88 Å². The Morgan fingerprint density at radius 1 is 1.00 bits per heavy atom. The molecule has 0 saturated heterocycles. The number of carbonyl (C=O) groups excluding carboxylic acids is 2. The second kappa shape index (κ2) is 7.52. The summed E-state index contributed by atoms with van der Waals surface area (Å²) in [6, 6.07) is 14.3. The Balaban J connectivity index is 1.37. The number of halogens is 1. The number of hydrogen-bond donors (Lipinski definition) is 0. The Labute approximate surface area is 189 Å². The predicted molar refractivity (Wildman–Crippen MR) is 115 cm³/mol. The summed E-state index contributed by atoms with van der Waals surface area (Å²) >= 11 is 0. The molecule has 1 aromatic heterocycles. The maximum Gasteiger partial charge on any atom is 0.424 e. The molecule has 3 aromatic rings. The lowest BCUT2D eigenvalue weighted by molar-refractivity contribution is -0.174. The van der Waals surface area contributed by atoms with Crippen LogP contribution in [0.15, 0.2) is 48.5 Å². The number of aromatic nitrogens is 2. The number of fused-ring (bicyclic) bond motifs is 1. The fraction of sp³-hybridized carbons (Fsp3) is 0.320. The van der Waals surface area contributed by atoms with Gasteiger partial charge >= 0.3 is 11.9 Å². The maximum atomic E-state index is 13.5. The molecule has 0 N–H and O–H groups in total. The summed E-state index contributed by atoms with van der Waals surface area (Å²) in [5.74, 6) is -2.29. The van der Waals surface area contributed by atoms with Crippen molar-refractivity contribution in [3.63, 3.8) is 0 Å². The first-order chi connectivity index (χ1) is 16.0. The summed E-state index contributed by atoms with van der Waals surface area (Å²) in [5, 5.41) is 4.52. The van der Waals surface area contributed by atoms with E-state index in [0.29, 0.717) is 37.1 Å². The molecule has 0 fully saturated rings. The van der Waals surface area contributed by atoms with E-state index in [4.69, 9.17) is 9.47 Å². The van der Waals surface area contributed by atoms with Crippen LogP contribution in [0.3, 0.4) is 0 Å². The van der Waals surface area contributed by atoms with Crippen LogP contribution in [0.5, 0.6) is 5.88 Å². The van der Waals surface area contributed by atoms with E-state index in [1.807, 2.05) is 12.1 Å². The largest absolute Gasteiger partial charge is 0.445 e. The highest BCUT2D eigenvalue weighted by Gasteiger charge is 2.50. The Hall–Kier alpha value is -3.52. The van der Waals surface area contributed by atoms with Gasteiger partial charge in [-0.1, -0.05) is 24.3 Å². The van der Waals surface area contributed by atoms with Gasteiger partial charge in [-0.3, -0.25) is 4.90 Å². The fourth-order valence-electron chi connectivity index (χ4n) is 5.31. The van der Waals surface area contributed by atoms with E-state index in [9.17, 15) is 14.0 Å². The van der Waals surface area contributed by atoms with Crippen LogP contribution in [0.25, 0.3) is 5.69 Å². The molecule has 8 heteroatoms. The molecular weight excluding hydrogens is 425 g/mol. The van der Waals surface area contributed by atoms with Crippen LogP contribution in [0.4, 0.5) is 4.39 Å². The van der Waals surface area contributed by atoms with Gasteiger partial charge in [0.25, 0.3) is 0 Å². The molecular formula is C25H22FN3O4. The number of carbonyl (C=O) groups is 2. The summed E-state index contributed by atoms with van der Waals surface area (Å²) in [5.41, 5.74) is 3.77. The SMILES string of the molecule is O=C1Oc2nn(-c3ccc(F)cc3)c3c2C(CCN2Cc4ccccc4C2)(CCC3)OC1=O. The summed E-state index contributed by atoms with van der Waals surface area (Å²) in [7, 11) is 0. The van der Waals surface area contributed by atoms with Crippen molar-refractivity contribution in [1.82, 2.24) is 14.7 Å². The van der Waals surface area contributed by atoms with Crippen molar-refractivity contribution in [3.05, 3.63) is 76.7 Å². The number of esters is 2. The van der Waals surface area contributed by atoms with E-state index in [1.165, 1.54) is 23.3 Å². The highest BCUT2D eigenvalue weighted by molar-refractivity contribution is 6.30. The van der Waals surface area contributed by atoms with Crippen molar-refractivity contribution < 1.29 is 23.5 Å². The van der Waals surface area contributed by atoms with Crippen molar-refractivity contribution in [2.24, 2.45) is 0 Å². The number of rotatable bonds is 4. The molecule has 0 radical (unpaired) electrons. The number of nitrogens with zero attached hydrogens (tertiary/aromatic N) is 3. The zero-order valence-electron chi connectivity index (χ0n) is 17.9. The zero-order chi connectivity index (χ0) is 22.6. The standard InChI is InChI=1S/C25H22FN3O4/c26-18-7-9-19(10-8-18)29-20-6-3-11-25(21(20)22(27-29)32-23(30)24(31)33-25)12-13-28-14-16-4-1-2-5-17(16)15-28/h1-2,4-5,7-10H,3,6,11-15H2. The van der Waals surface area contributed by atoms with E-state index < -0.39 is 17.5 Å². The molecule has 0 bridgehead atoms. The smallest absolute Gasteiger partial charge is 0.424 e. The molecule has 3 aliphatic rings. The lowest BCUT2D eigenvalue weighted by Gasteiger charge is -2.36. The van der Waals surface area contributed by atoms with Crippen LogP contribution in [-0.4, -0.2) is 33.2 Å². The molecule has 1 aliphatic carbocycles. The fourth-order valence-corrected chi connectivity index (χ4v) is 5.31. The third-order valence-corrected chi connectivity index (χ3v) is 6.85. The predicted octanol–water partition coefficient (Wildman–Crippen LogP) is 3.41. The number of ether oxygens (including phenoxy) is 2. The maximum absolute atomic E-state index is 13.5. The second-order valence-corrected chi connectivity index (χ2v) is 8.87. The molecule has 1 unspecified atom stereocenters. The van der Waals surface area contributed by atoms with E-state index >= 15 is 0 Å². The van der Waals surface area contributed by atoms with Crippen LogP contribution in [0, 0.1) is 5.82 Å². The quantitative estimate of drug-likeness (QED) is 0.451. The monoisotopic (exact) mass is 447 g/mol. The highest BCUT2D eigenvalue weighted by atomic mass is 19.1. The van der Waals surface area contributed by atoms with Gasteiger partial charge in [0, 0.05) is 26.1 Å². The van der Waals surface area contributed by atoms with Gasteiger partial charge in [-0.25, -0.2) is 18.7 Å². The topological polar surface area (TPSA) is 73.7 Å². The summed E-state index contributed by atoms with van der Waals surface area (Å²) in [4.78, 5) is 27.1. The normalized spacial score (nSPS) is 21.7. The van der Waals surface area contributed by atoms with Crippen molar-refractivity contribution in [3.8, 4) is 11.6 Å². The van der Waals surface area contributed by atoms with Gasteiger partial charge in [0.05, 0.1) is 16.9 Å². The molecule has 0 amide bonds. The van der Waals surface area contributed by atoms with Gasteiger partial charge in [-0.05, 0) is 54.7 Å². The Morgan fingerprint density at radius 3 is 2.45 bits per heavy atom. The number of benzene rings is 2. The van der Waals surface area contributed by atoms with Crippen LogP contribution in [0.1, 0.15) is 41.6 Å². The van der Waals surface area contributed by atoms with Gasteiger partial charge in [-0.2, -0.15) is 0 Å². The molecule has 168 valence electrons. The first kappa shape index (κ1) is 20.1. The van der Waals surface area contributed by atoms with Gasteiger partial charge < -0.3 is 9.47 Å². The van der Waals surface area contributed by atoms with E-state index in [0.717, 1.165) is 25.2 Å². The minimum Gasteiger partial charge on any atom is -0.445 e. The average Bonchev–Trinajstić information content (AvgIpc) is 3.37. The van der Waals surface area contributed by atoms with Crippen LogP contribution in [0.2, 0.25) is 0 Å². The number of hydrogen-bond acceptors (Lipinski definition) is 6. The second-order valence-electron chi connectivity index (χ2n) is 8.87. The lowest BCUT2D eigenvalue weighted by atomic mass is 9.79. The molecule has 3 heterocycles. The molecule has 0 spiro atoms. The lowest BCUT2D eigenvalue weighted by Crippen LogP contribution is -2.39. The minimum absolute atomic E-state index is 0.106. The third kappa shape index (κ3) is 3.33. The summed E-state index contributed by atoms with van der Waals surface area (Å²) in [6.45, 7) is 2.37. The van der Waals surface area contributed by atoms with Crippen LogP contribution >= 0.6 is 0 Å². The first-order valence-corrected chi connectivity index (χ1v) is 11.1. The van der Waals surface area contributed by atoms with E-state index in [1.54, 1.807) is 16.8 Å². The molecule has 7 nitrogen and oxygen atoms in total. The summed E-state index contributed by atoms with van der Waals surface area (Å²) in [6.07, 6.45) is 2.57. The first-order valence-electron chi connectivity index (χ1n) is 11.1. The van der Waals surface area contributed by atoms with E-state index in [-0.39, 0.29) is 11.7 Å². The molecule has 33 heavy (non-hydrogen) atoms. The minimum atomic E-state index is -1.07. The van der Waals surface area contributed by atoms with Crippen molar-refractivity contribution >= 4 is 11.9 Å². The molecule has 1 atom stereocenters. The Morgan fingerprint density at radius 2 is 1.73 bits per heavy atom.